The van der Waals surface area contributed by atoms with Crippen molar-refractivity contribution in [1.29, 1.82) is 0 Å². The smallest absolute Gasteiger partial charge is 0.227 e. The second-order valence-electron chi connectivity index (χ2n) is 7.70. The third-order valence-electron chi connectivity index (χ3n) is 5.21. The van der Waals surface area contributed by atoms with E-state index in [2.05, 4.69) is 51.1 Å². The van der Waals surface area contributed by atoms with Crippen LogP contribution in [0.25, 0.3) is 11.1 Å². The van der Waals surface area contributed by atoms with Crippen molar-refractivity contribution in [3.63, 3.8) is 0 Å². The van der Waals surface area contributed by atoms with Gasteiger partial charge in [-0.25, -0.2) is 0 Å². The second-order valence-corrected chi connectivity index (χ2v) is 7.70. The first-order chi connectivity index (χ1) is 11.7. The van der Waals surface area contributed by atoms with E-state index in [1.54, 1.807) is 6.92 Å². The number of aryl methyl sites for hydroxylation is 1. The molecule has 1 atom stereocenters. The predicted molar refractivity (Wildman–Crippen MR) is 103 cm³/mol. The minimum absolute atomic E-state index is 0.152. The van der Waals surface area contributed by atoms with Crippen molar-refractivity contribution >= 4 is 11.6 Å². The number of carbonyl (C=O) groups is 1. The van der Waals surface area contributed by atoms with E-state index < -0.39 is 6.10 Å². The van der Waals surface area contributed by atoms with Crippen LogP contribution in [0.5, 0.6) is 0 Å². The van der Waals surface area contributed by atoms with Gasteiger partial charge in [0.15, 0.2) is 0 Å². The first kappa shape index (κ1) is 17.7. The number of hydrogen-bond donors (Lipinski definition) is 1. The van der Waals surface area contributed by atoms with E-state index in [0.717, 1.165) is 22.4 Å². The summed E-state index contributed by atoms with van der Waals surface area (Å²) in [5, 5.41) is 10.4. The SMILES string of the molecule is CCN1C(=O)CC(C)(C)c2cc(-c3ccc(C)cc3)c(C(C)O)cc21. The molecule has 2 aromatic carbocycles. The molecule has 0 radical (unpaired) electrons. The molecule has 1 amide bonds. The lowest BCUT2D eigenvalue weighted by atomic mass is 9.75. The van der Waals surface area contributed by atoms with Crippen molar-refractivity contribution in [1.82, 2.24) is 0 Å². The van der Waals surface area contributed by atoms with Crippen LogP contribution in [-0.4, -0.2) is 17.6 Å². The molecular weight excluding hydrogens is 310 g/mol. The first-order valence-electron chi connectivity index (χ1n) is 8.98. The van der Waals surface area contributed by atoms with Gasteiger partial charge in [-0.05, 0) is 55.2 Å². The van der Waals surface area contributed by atoms with Crippen LogP contribution in [0.2, 0.25) is 0 Å². The maximum atomic E-state index is 12.5. The first-order valence-corrected chi connectivity index (χ1v) is 8.98. The van der Waals surface area contributed by atoms with Crippen LogP contribution >= 0.6 is 0 Å². The number of anilines is 1. The van der Waals surface area contributed by atoms with Crippen molar-refractivity contribution in [2.45, 2.75) is 52.6 Å². The number of benzene rings is 2. The number of amides is 1. The normalized spacial score (nSPS) is 17.4. The largest absolute Gasteiger partial charge is 0.389 e. The lowest BCUT2D eigenvalue weighted by Crippen LogP contribution is -2.42. The molecule has 1 heterocycles. The monoisotopic (exact) mass is 337 g/mol. The molecule has 0 aliphatic carbocycles. The zero-order valence-corrected chi connectivity index (χ0v) is 15.8. The summed E-state index contributed by atoms with van der Waals surface area (Å²) in [7, 11) is 0. The minimum Gasteiger partial charge on any atom is -0.389 e. The van der Waals surface area contributed by atoms with Crippen molar-refractivity contribution in [2.75, 3.05) is 11.4 Å². The molecule has 3 nitrogen and oxygen atoms in total. The molecule has 2 aromatic rings. The Morgan fingerprint density at radius 2 is 1.84 bits per heavy atom. The van der Waals surface area contributed by atoms with E-state index in [-0.39, 0.29) is 11.3 Å². The van der Waals surface area contributed by atoms with Gasteiger partial charge in [0, 0.05) is 24.1 Å². The average Bonchev–Trinajstić information content (AvgIpc) is 2.54. The van der Waals surface area contributed by atoms with Gasteiger partial charge in [-0.1, -0.05) is 43.7 Å². The van der Waals surface area contributed by atoms with E-state index >= 15 is 0 Å². The van der Waals surface area contributed by atoms with Gasteiger partial charge in [0.25, 0.3) is 0 Å². The summed E-state index contributed by atoms with van der Waals surface area (Å²) >= 11 is 0. The lowest BCUT2D eigenvalue weighted by molar-refractivity contribution is -0.120. The van der Waals surface area contributed by atoms with E-state index in [4.69, 9.17) is 0 Å². The number of carbonyl (C=O) groups excluding carboxylic acids is 1. The van der Waals surface area contributed by atoms with E-state index in [9.17, 15) is 9.90 Å². The predicted octanol–water partition coefficient (Wildman–Crippen LogP) is 4.75. The van der Waals surface area contributed by atoms with Gasteiger partial charge in [-0.2, -0.15) is 0 Å². The van der Waals surface area contributed by atoms with Crippen LogP contribution in [0, 0.1) is 6.92 Å². The highest BCUT2D eigenvalue weighted by molar-refractivity contribution is 5.98. The summed E-state index contributed by atoms with van der Waals surface area (Å²) in [6, 6.07) is 12.6. The fraction of sp³-hybridized carbons (Fsp3) is 0.409. The number of fused-ring (bicyclic) bond motifs is 1. The number of aliphatic hydroxyl groups excluding tert-OH is 1. The van der Waals surface area contributed by atoms with Gasteiger partial charge in [-0.3, -0.25) is 4.79 Å². The molecule has 1 aliphatic heterocycles. The van der Waals surface area contributed by atoms with Crippen LogP contribution in [0.15, 0.2) is 36.4 Å². The van der Waals surface area contributed by atoms with Crippen molar-refractivity contribution in [3.05, 3.63) is 53.1 Å². The molecule has 132 valence electrons. The summed E-state index contributed by atoms with van der Waals surface area (Å²) in [5.41, 5.74) is 6.13. The Labute approximate surface area is 150 Å². The molecule has 0 saturated heterocycles. The zero-order chi connectivity index (χ0) is 18.4. The van der Waals surface area contributed by atoms with Crippen LogP contribution < -0.4 is 4.90 Å². The fourth-order valence-electron chi connectivity index (χ4n) is 3.75. The van der Waals surface area contributed by atoms with E-state index in [1.807, 2.05) is 17.9 Å². The van der Waals surface area contributed by atoms with Crippen LogP contribution in [-0.2, 0) is 10.2 Å². The summed E-state index contributed by atoms with van der Waals surface area (Å²) in [4.78, 5) is 14.4. The second kappa shape index (κ2) is 6.30. The molecule has 25 heavy (non-hydrogen) atoms. The Balaban J connectivity index is 2.27. The van der Waals surface area contributed by atoms with Crippen LogP contribution in [0.1, 0.15) is 56.9 Å². The molecule has 0 saturated carbocycles. The van der Waals surface area contributed by atoms with Gasteiger partial charge in [-0.15, -0.1) is 0 Å². The summed E-state index contributed by atoms with van der Waals surface area (Å²) < 4.78 is 0. The highest BCUT2D eigenvalue weighted by Gasteiger charge is 2.37. The molecule has 1 unspecified atom stereocenters. The van der Waals surface area contributed by atoms with Crippen molar-refractivity contribution in [3.8, 4) is 11.1 Å². The Morgan fingerprint density at radius 3 is 2.40 bits per heavy atom. The highest BCUT2D eigenvalue weighted by atomic mass is 16.3. The van der Waals surface area contributed by atoms with Gasteiger partial charge >= 0.3 is 0 Å². The highest BCUT2D eigenvalue weighted by Crippen LogP contribution is 2.44. The van der Waals surface area contributed by atoms with Crippen LogP contribution in [0.3, 0.4) is 0 Å². The van der Waals surface area contributed by atoms with Crippen LogP contribution in [0.4, 0.5) is 5.69 Å². The summed E-state index contributed by atoms with van der Waals surface area (Å²) in [6.07, 6.45) is -0.0877. The summed E-state index contributed by atoms with van der Waals surface area (Å²) in [5.74, 6) is 0.152. The molecule has 3 heteroatoms. The quantitative estimate of drug-likeness (QED) is 0.878. The third kappa shape index (κ3) is 3.09. The minimum atomic E-state index is -0.597. The zero-order valence-electron chi connectivity index (χ0n) is 15.8. The fourth-order valence-corrected chi connectivity index (χ4v) is 3.75. The topological polar surface area (TPSA) is 40.5 Å². The van der Waals surface area contributed by atoms with Gasteiger partial charge < -0.3 is 10.0 Å². The molecule has 1 aliphatic rings. The van der Waals surface area contributed by atoms with E-state index in [1.165, 1.54) is 11.1 Å². The Bertz CT molecular complexity index is 804. The third-order valence-corrected chi connectivity index (χ3v) is 5.21. The molecular formula is C22H27NO2. The van der Waals surface area contributed by atoms with E-state index in [0.29, 0.717) is 13.0 Å². The molecule has 0 bridgehead atoms. The number of hydrogen-bond acceptors (Lipinski definition) is 2. The van der Waals surface area contributed by atoms with Gasteiger partial charge in [0.2, 0.25) is 5.91 Å². The number of rotatable bonds is 3. The molecule has 0 aromatic heterocycles. The maximum Gasteiger partial charge on any atom is 0.227 e. The molecule has 3 rings (SSSR count). The Morgan fingerprint density at radius 1 is 1.20 bits per heavy atom. The lowest BCUT2D eigenvalue weighted by Gasteiger charge is -2.39. The standard InChI is InChI=1S/C22H27NO2/c1-6-23-20-12-17(15(3)24)18(16-9-7-14(2)8-10-16)11-19(20)22(4,5)13-21(23)25/h7-12,15,24H,6,13H2,1-5H3. The van der Waals surface area contributed by atoms with Crippen molar-refractivity contribution < 1.29 is 9.90 Å². The van der Waals surface area contributed by atoms with Crippen molar-refractivity contribution in [2.24, 2.45) is 0 Å². The molecule has 0 spiro atoms. The Kier molecular flexibility index (Phi) is 4.46. The number of nitrogens with zero attached hydrogens (tertiary/aromatic N) is 1. The Hall–Kier alpha value is -2.13. The molecule has 0 fully saturated rings. The van der Waals surface area contributed by atoms with Gasteiger partial charge in [0.1, 0.15) is 0 Å². The van der Waals surface area contributed by atoms with Gasteiger partial charge in [0.05, 0.1) is 6.10 Å². The maximum absolute atomic E-state index is 12.5. The summed E-state index contributed by atoms with van der Waals surface area (Å²) in [6.45, 7) is 10.7. The average molecular weight is 337 g/mol. The number of aliphatic hydroxyl groups is 1. The molecule has 1 N–H and O–H groups in total.